The Bertz CT molecular complexity index is 594. The van der Waals surface area contributed by atoms with E-state index in [2.05, 4.69) is 19.6 Å². The van der Waals surface area contributed by atoms with Gasteiger partial charge in [-0.2, -0.15) is 0 Å². The monoisotopic (exact) mass is 312 g/mol. The number of aromatic amines is 1. The second kappa shape index (κ2) is 5.37. The lowest BCUT2D eigenvalue weighted by molar-refractivity contribution is 0.0103. The number of aryl methyl sites for hydroxylation is 1. The van der Waals surface area contributed by atoms with Crippen molar-refractivity contribution >= 4 is 10.0 Å². The highest BCUT2D eigenvalue weighted by atomic mass is 32.2. The third-order valence-electron chi connectivity index (χ3n) is 4.81. The summed E-state index contributed by atoms with van der Waals surface area (Å²) in [4.78, 5) is 9.96. The van der Waals surface area contributed by atoms with Crippen LogP contribution in [0.1, 0.15) is 37.2 Å². The molecular formula is C14H24N4O2S. The van der Waals surface area contributed by atoms with Crippen molar-refractivity contribution in [1.29, 1.82) is 0 Å². The van der Waals surface area contributed by atoms with E-state index in [-0.39, 0.29) is 6.04 Å². The Labute approximate surface area is 126 Å². The van der Waals surface area contributed by atoms with Crippen molar-refractivity contribution in [2.45, 2.75) is 45.2 Å². The van der Waals surface area contributed by atoms with Crippen LogP contribution in [0.25, 0.3) is 0 Å². The van der Waals surface area contributed by atoms with E-state index in [4.69, 9.17) is 0 Å². The van der Waals surface area contributed by atoms with Crippen LogP contribution in [0.15, 0.2) is 6.20 Å². The molecule has 2 N–H and O–H groups in total. The summed E-state index contributed by atoms with van der Waals surface area (Å²) in [6.07, 6.45) is 7.49. The van der Waals surface area contributed by atoms with Crippen molar-refractivity contribution in [3.05, 3.63) is 17.7 Å². The molecule has 0 bridgehead atoms. The summed E-state index contributed by atoms with van der Waals surface area (Å²) in [6, 6.07) is 0.154. The predicted octanol–water partition coefficient (Wildman–Crippen LogP) is 1.01. The SMILES string of the molecule is Cc1ncc(CN2CCC3(CC2)CC(NS(C)(=O)=O)C3)[nH]1. The van der Waals surface area contributed by atoms with Crippen LogP contribution < -0.4 is 4.72 Å². The lowest BCUT2D eigenvalue weighted by Gasteiger charge is -2.52. The molecule has 1 spiro atoms. The smallest absolute Gasteiger partial charge is 0.208 e. The van der Waals surface area contributed by atoms with Gasteiger partial charge >= 0.3 is 0 Å². The number of likely N-dealkylation sites (tertiary alicyclic amines) is 1. The van der Waals surface area contributed by atoms with Crippen LogP contribution in [0.3, 0.4) is 0 Å². The molecule has 1 aliphatic carbocycles. The predicted molar refractivity (Wildman–Crippen MR) is 81.3 cm³/mol. The maximum absolute atomic E-state index is 11.2. The maximum Gasteiger partial charge on any atom is 0.208 e. The largest absolute Gasteiger partial charge is 0.345 e. The highest BCUT2D eigenvalue weighted by Crippen LogP contribution is 2.49. The van der Waals surface area contributed by atoms with E-state index < -0.39 is 10.0 Å². The lowest BCUT2D eigenvalue weighted by atomic mass is 9.61. The van der Waals surface area contributed by atoms with Crippen molar-refractivity contribution in [3.8, 4) is 0 Å². The minimum atomic E-state index is -3.06. The van der Waals surface area contributed by atoms with Crippen molar-refractivity contribution in [2.75, 3.05) is 19.3 Å². The number of aromatic nitrogens is 2. The fraction of sp³-hybridized carbons (Fsp3) is 0.786. The Kier molecular flexibility index (Phi) is 3.83. The van der Waals surface area contributed by atoms with Gasteiger partial charge in [0.15, 0.2) is 0 Å². The molecule has 1 aliphatic heterocycles. The highest BCUT2D eigenvalue weighted by molar-refractivity contribution is 7.88. The second-order valence-electron chi connectivity index (χ2n) is 6.77. The molecule has 118 valence electrons. The molecule has 3 rings (SSSR count). The van der Waals surface area contributed by atoms with Crippen LogP contribution in [0, 0.1) is 12.3 Å². The van der Waals surface area contributed by atoms with Gasteiger partial charge in [0.2, 0.25) is 10.0 Å². The van der Waals surface area contributed by atoms with Crippen LogP contribution in [-0.2, 0) is 16.6 Å². The molecule has 0 amide bonds. The zero-order valence-corrected chi connectivity index (χ0v) is 13.5. The van der Waals surface area contributed by atoms with E-state index in [1.807, 2.05) is 13.1 Å². The molecule has 1 saturated carbocycles. The minimum absolute atomic E-state index is 0.154. The molecule has 0 atom stereocenters. The number of sulfonamides is 1. The quantitative estimate of drug-likeness (QED) is 0.870. The number of H-pyrrole nitrogens is 1. The van der Waals surface area contributed by atoms with Gasteiger partial charge in [0, 0.05) is 24.5 Å². The van der Waals surface area contributed by atoms with E-state index in [1.54, 1.807) is 0 Å². The standard InChI is InChI=1S/C14H24N4O2S/c1-11-15-9-13(16-11)10-18-5-3-14(4-6-18)7-12(8-14)17-21(2,19)20/h9,12,17H,3-8,10H2,1-2H3,(H,15,16). The van der Waals surface area contributed by atoms with Gasteiger partial charge in [-0.3, -0.25) is 4.90 Å². The van der Waals surface area contributed by atoms with E-state index in [1.165, 1.54) is 24.8 Å². The van der Waals surface area contributed by atoms with Gasteiger partial charge in [-0.25, -0.2) is 18.1 Å². The summed E-state index contributed by atoms with van der Waals surface area (Å²) in [5.74, 6) is 0.965. The van der Waals surface area contributed by atoms with Crippen molar-refractivity contribution in [2.24, 2.45) is 5.41 Å². The number of imidazole rings is 1. The molecule has 6 nitrogen and oxygen atoms in total. The number of hydrogen-bond donors (Lipinski definition) is 2. The highest BCUT2D eigenvalue weighted by Gasteiger charge is 2.46. The Morgan fingerprint density at radius 1 is 1.43 bits per heavy atom. The van der Waals surface area contributed by atoms with Crippen LogP contribution in [-0.4, -0.2) is 48.7 Å². The van der Waals surface area contributed by atoms with E-state index in [0.29, 0.717) is 5.41 Å². The molecular weight excluding hydrogens is 288 g/mol. The van der Waals surface area contributed by atoms with Gasteiger partial charge in [-0.1, -0.05) is 0 Å². The summed E-state index contributed by atoms with van der Waals surface area (Å²) < 4.78 is 25.2. The molecule has 2 heterocycles. The van der Waals surface area contributed by atoms with Crippen LogP contribution in [0.2, 0.25) is 0 Å². The number of nitrogens with one attached hydrogen (secondary N) is 2. The number of nitrogens with zero attached hydrogens (tertiary/aromatic N) is 2. The Morgan fingerprint density at radius 2 is 2.10 bits per heavy atom. The molecule has 0 unspecified atom stereocenters. The molecule has 0 aromatic carbocycles. The topological polar surface area (TPSA) is 78.1 Å². The number of hydrogen-bond acceptors (Lipinski definition) is 4. The second-order valence-corrected chi connectivity index (χ2v) is 8.55. The summed E-state index contributed by atoms with van der Waals surface area (Å²) in [5.41, 5.74) is 1.55. The molecule has 7 heteroatoms. The van der Waals surface area contributed by atoms with E-state index >= 15 is 0 Å². The summed E-state index contributed by atoms with van der Waals surface area (Å²) in [7, 11) is -3.06. The normalized spacial score (nSPS) is 23.3. The first-order valence-electron chi connectivity index (χ1n) is 7.54. The van der Waals surface area contributed by atoms with Gasteiger partial charge in [0.1, 0.15) is 5.82 Å². The molecule has 21 heavy (non-hydrogen) atoms. The van der Waals surface area contributed by atoms with Crippen molar-refractivity contribution in [1.82, 2.24) is 19.6 Å². The van der Waals surface area contributed by atoms with Gasteiger partial charge in [0.25, 0.3) is 0 Å². The summed E-state index contributed by atoms with van der Waals surface area (Å²) in [6.45, 7) is 5.08. The third kappa shape index (κ3) is 3.64. The average Bonchev–Trinajstić information content (AvgIpc) is 2.74. The molecule has 1 aromatic heterocycles. The lowest BCUT2D eigenvalue weighted by Crippen LogP contribution is -2.54. The van der Waals surface area contributed by atoms with Crippen LogP contribution in [0.5, 0.6) is 0 Å². The van der Waals surface area contributed by atoms with Gasteiger partial charge in [-0.15, -0.1) is 0 Å². The molecule has 2 aliphatic rings. The molecule has 2 fully saturated rings. The number of piperidine rings is 1. The van der Waals surface area contributed by atoms with Gasteiger partial charge in [-0.05, 0) is 51.1 Å². The first kappa shape index (κ1) is 15.0. The fourth-order valence-electron chi connectivity index (χ4n) is 3.76. The first-order valence-corrected chi connectivity index (χ1v) is 9.43. The minimum Gasteiger partial charge on any atom is -0.345 e. The van der Waals surface area contributed by atoms with Gasteiger partial charge in [0.05, 0.1) is 6.26 Å². The Hall–Kier alpha value is -0.920. The third-order valence-corrected chi connectivity index (χ3v) is 5.57. The van der Waals surface area contributed by atoms with Gasteiger partial charge < -0.3 is 4.98 Å². The Balaban J connectivity index is 1.46. The maximum atomic E-state index is 11.2. The Morgan fingerprint density at radius 3 is 2.62 bits per heavy atom. The van der Waals surface area contributed by atoms with Crippen molar-refractivity contribution < 1.29 is 8.42 Å². The summed E-state index contributed by atoms with van der Waals surface area (Å²) >= 11 is 0. The van der Waals surface area contributed by atoms with Crippen LogP contribution >= 0.6 is 0 Å². The summed E-state index contributed by atoms with van der Waals surface area (Å²) in [5, 5.41) is 0. The number of rotatable bonds is 4. The van der Waals surface area contributed by atoms with Crippen molar-refractivity contribution in [3.63, 3.8) is 0 Å². The average molecular weight is 312 g/mol. The van der Waals surface area contributed by atoms with E-state index in [0.717, 1.165) is 38.3 Å². The molecule has 0 radical (unpaired) electrons. The van der Waals surface area contributed by atoms with E-state index in [9.17, 15) is 8.42 Å². The molecule has 1 saturated heterocycles. The zero-order chi connectivity index (χ0) is 15.1. The zero-order valence-electron chi connectivity index (χ0n) is 12.7. The fourth-order valence-corrected chi connectivity index (χ4v) is 4.53. The van der Waals surface area contributed by atoms with Crippen LogP contribution in [0.4, 0.5) is 0 Å². The first-order chi connectivity index (χ1) is 9.84. The molecule has 1 aromatic rings.